The highest BCUT2D eigenvalue weighted by atomic mass is 35.5. The zero-order chi connectivity index (χ0) is 11.5. The average molecular weight is 232 g/mol. The lowest BCUT2D eigenvalue weighted by atomic mass is 10.1. The van der Waals surface area contributed by atoms with Crippen molar-refractivity contribution >= 4 is 17.5 Å². The highest BCUT2D eigenvalue weighted by Gasteiger charge is 2.26. The minimum atomic E-state index is -1.71. The zero-order valence-electron chi connectivity index (χ0n) is 8.13. The Morgan fingerprint density at radius 2 is 2.07 bits per heavy atom. The van der Waals surface area contributed by atoms with E-state index >= 15 is 0 Å². The topological polar surface area (TPSA) is 49.3 Å². The molecule has 0 aliphatic carbocycles. The fourth-order valence-electron chi connectivity index (χ4n) is 1.05. The summed E-state index contributed by atoms with van der Waals surface area (Å²) in [5.41, 5.74) is 0.333. The lowest BCUT2D eigenvalue weighted by Gasteiger charge is -2.21. The van der Waals surface area contributed by atoms with Crippen LogP contribution in [0.3, 0.4) is 0 Å². The molecule has 3 nitrogen and oxygen atoms in total. The normalized spacial score (nSPS) is 14.4. The van der Waals surface area contributed by atoms with Gasteiger partial charge < -0.3 is 10.4 Å². The summed E-state index contributed by atoms with van der Waals surface area (Å²) in [4.78, 5) is 10.6. The Morgan fingerprint density at radius 3 is 2.53 bits per heavy atom. The van der Waals surface area contributed by atoms with E-state index in [1.54, 1.807) is 0 Å². The molecule has 82 valence electrons. The van der Waals surface area contributed by atoms with Gasteiger partial charge in [0.05, 0.1) is 6.54 Å². The van der Waals surface area contributed by atoms with Crippen LogP contribution >= 0.6 is 11.6 Å². The minimum absolute atomic E-state index is 0.129. The minimum Gasteiger partial charge on any atom is -0.369 e. The molecule has 1 aromatic rings. The van der Waals surface area contributed by atoms with Crippen molar-refractivity contribution in [3.8, 4) is 0 Å². The molecule has 1 aromatic carbocycles. The van der Waals surface area contributed by atoms with E-state index in [0.717, 1.165) is 0 Å². The van der Waals surface area contributed by atoms with Crippen molar-refractivity contribution in [3.05, 3.63) is 35.6 Å². The first-order valence-electron chi connectivity index (χ1n) is 4.33. The molecule has 0 heterocycles. The number of amides is 1. The van der Waals surface area contributed by atoms with Crippen LogP contribution in [-0.2, 0) is 9.85 Å². The van der Waals surface area contributed by atoms with Crippen molar-refractivity contribution in [2.24, 2.45) is 0 Å². The van der Waals surface area contributed by atoms with E-state index in [2.05, 4.69) is 5.32 Å². The van der Waals surface area contributed by atoms with Crippen molar-refractivity contribution in [1.82, 2.24) is 5.32 Å². The van der Waals surface area contributed by atoms with Crippen LogP contribution in [0.5, 0.6) is 0 Å². The predicted octanol–water partition coefficient (Wildman–Crippen LogP) is 1.35. The van der Waals surface area contributed by atoms with Crippen LogP contribution in [0.4, 0.5) is 4.39 Å². The molecule has 0 fully saturated rings. The third kappa shape index (κ3) is 3.49. The summed E-state index contributed by atoms with van der Waals surface area (Å²) in [6, 6.07) is 5.11. The number of benzene rings is 1. The maximum Gasteiger partial charge on any atom is 0.217 e. The number of carbonyl (C=O) groups excluding carboxylic acids is 1. The van der Waals surface area contributed by atoms with Gasteiger partial charge in [-0.25, -0.2) is 4.39 Å². The third-order valence-corrected chi connectivity index (χ3v) is 2.21. The maximum atomic E-state index is 12.6. The molecular formula is C10H11ClFNO2. The fraction of sp³-hybridized carbons (Fsp3) is 0.300. The second-order valence-corrected chi connectivity index (χ2v) is 3.80. The van der Waals surface area contributed by atoms with Crippen molar-refractivity contribution in [1.29, 1.82) is 0 Å². The Hall–Kier alpha value is -1.13. The van der Waals surface area contributed by atoms with Gasteiger partial charge in [0.25, 0.3) is 0 Å². The smallest absolute Gasteiger partial charge is 0.217 e. The average Bonchev–Trinajstić information content (AvgIpc) is 2.16. The number of rotatable bonds is 3. The van der Waals surface area contributed by atoms with Gasteiger partial charge >= 0.3 is 0 Å². The highest BCUT2D eigenvalue weighted by Crippen LogP contribution is 2.24. The lowest BCUT2D eigenvalue weighted by Crippen LogP contribution is -2.35. The van der Waals surface area contributed by atoms with E-state index in [0.29, 0.717) is 5.56 Å². The summed E-state index contributed by atoms with van der Waals surface area (Å²) < 4.78 is 12.6. The summed E-state index contributed by atoms with van der Waals surface area (Å²) in [5.74, 6) is -0.707. The van der Waals surface area contributed by atoms with Crippen LogP contribution in [0.1, 0.15) is 12.5 Å². The Balaban J connectivity index is 2.76. The summed E-state index contributed by atoms with van der Waals surface area (Å²) >= 11 is 5.78. The van der Waals surface area contributed by atoms with Gasteiger partial charge in [0.15, 0.2) is 5.06 Å². The molecule has 2 N–H and O–H groups in total. The molecule has 0 aliphatic rings. The number of aliphatic hydroxyl groups is 1. The van der Waals surface area contributed by atoms with Gasteiger partial charge in [-0.1, -0.05) is 23.7 Å². The first-order valence-corrected chi connectivity index (χ1v) is 4.71. The molecule has 0 spiro atoms. The van der Waals surface area contributed by atoms with Crippen molar-refractivity contribution in [2.45, 2.75) is 12.0 Å². The molecule has 0 bridgehead atoms. The number of hydrogen-bond acceptors (Lipinski definition) is 2. The van der Waals surface area contributed by atoms with E-state index < -0.39 is 10.9 Å². The number of nitrogens with one attached hydrogen (secondary N) is 1. The molecule has 0 saturated heterocycles. The first-order chi connectivity index (χ1) is 6.92. The number of alkyl halides is 1. The highest BCUT2D eigenvalue weighted by molar-refractivity contribution is 6.23. The molecule has 15 heavy (non-hydrogen) atoms. The summed E-state index contributed by atoms with van der Waals surface area (Å²) in [6.07, 6.45) is 0. The second kappa shape index (κ2) is 4.59. The van der Waals surface area contributed by atoms with Gasteiger partial charge in [-0.3, -0.25) is 4.79 Å². The SMILES string of the molecule is CC(=O)NCC(O)(Cl)c1ccc(F)cc1. The van der Waals surface area contributed by atoms with Crippen LogP contribution < -0.4 is 5.32 Å². The molecule has 5 heteroatoms. The molecular weight excluding hydrogens is 221 g/mol. The Labute approximate surface area is 91.9 Å². The van der Waals surface area contributed by atoms with Crippen molar-refractivity contribution < 1.29 is 14.3 Å². The zero-order valence-corrected chi connectivity index (χ0v) is 8.88. The molecule has 0 radical (unpaired) electrons. The number of halogens is 2. The van der Waals surface area contributed by atoms with E-state index in [1.165, 1.54) is 31.2 Å². The summed E-state index contributed by atoms with van der Waals surface area (Å²) in [5, 5.41) is 10.4. The molecule has 1 rings (SSSR count). The van der Waals surface area contributed by atoms with Gasteiger partial charge in [0.1, 0.15) is 5.82 Å². The largest absolute Gasteiger partial charge is 0.369 e. The monoisotopic (exact) mass is 231 g/mol. The van der Waals surface area contributed by atoms with Gasteiger partial charge in [-0.15, -0.1) is 0 Å². The third-order valence-electron chi connectivity index (χ3n) is 1.86. The Morgan fingerprint density at radius 1 is 1.53 bits per heavy atom. The van der Waals surface area contributed by atoms with E-state index in [9.17, 15) is 14.3 Å². The standard InChI is InChI=1S/C10H11ClFNO2/c1-7(14)13-6-10(11,15)8-2-4-9(12)5-3-8/h2-5,15H,6H2,1H3,(H,13,14). The van der Waals surface area contributed by atoms with Crippen LogP contribution in [0.25, 0.3) is 0 Å². The Bertz CT molecular complexity index is 351. The summed E-state index contributed by atoms with van der Waals surface area (Å²) in [6.45, 7) is 1.19. The van der Waals surface area contributed by atoms with Crippen molar-refractivity contribution in [3.63, 3.8) is 0 Å². The van der Waals surface area contributed by atoms with Crippen LogP contribution in [0.15, 0.2) is 24.3 Å². The van der Waals surface area contributed by atoms with E-state index in [1.807, 2.05) is 0 Å². The molecule has 0 saturated carbocycles. The van der Waals surface area contributed by atoms with Gasteiger partial charge in [0.2, 0.25) is 5.91 Å². The summed E-state index contributed by atoms with van der Waals surface area (Å²) in [7, 11) is 0. The maximum absolute atomic E-state index is 12.6. The number of hydrogen-bond donors (Lipinski definition) is 2. The number of carbonyl (C=O) groups is 1. The molecule has 1 atom stereocenters. The van der Waals surface area contributed by atoms with Gasteiger partial charge in [-0.05, 0) is 12.1 Å². The van der Waals surface area contributed by atoms with E-state index in [-0.39, 0.29) is 12.5 Å². The quantitative estimate of drug-likeness (QED) is 0.772. The predicted molar refractivity (Wildman–Crippen MR) is 54.8 cm³/mol. The van der Waals surface area contributed by atoms with Crippen molar-refractivity contribution in [2.75, 3.05) is 6.54 Å². The first kappa shape index (κ1) is 11.9. The Kier molecular flexibility index (Phi) is 3.66. The molecule has 0 aliphatic heterocycles. The van der Waals surface area contributed by atoms with Crippen LogP contribution in [0.2, 0.25) is 0 Å². The van der Waals surface area contributed by atoms with E-state index in [4.69, 9.17) is 11.6 Å². The lowest BCUT2D eigenvalue weighted by molar-refractivity contribution is -0.119. The molecule has 1 unspecified atom stereocenters. The second-order valence-electron chi connectivity index (χ2n) is 3.18. The molecule has 0 aromatic heterocycles. The van der Waals surface area contributed by atoms with Crippen LogP contribution in [-0.4, -0.2) is 17.6 Å². The van der Waals surface area contributed by atoms with Gasteiger partial charge in [-0.2, -0.15) is 0 Å². The van der Waals surface area contributed by atoms with Crippen LogP contribution in [0, 0.1) is 5.82 Å². The van der Waals surface area contributed by atoms with Gasteiger partial charge in [0, 0.05) is 12.5 Å². The molecule has 1 amide bonds. The fourth-order valence-corrected chi connectivity index (χ4v) is 1.24.